The summed E-state index contributed by atoms with van der Waals surface area (Å²) in [5.74, 6) is -0.00795. The molecule has 1 fully saturated rings. The molecule has 3 aromatic heterocycles. The minimum atomic E-state index is -1.01. The van der Waals surface area contributed by atoms with Crippen LogP contribution in [0.2, 0.25) is 5.02 Å². The first-order chi connectivity index (χ1) is 18.2. The molecule has 0 spiro atoms. The van der Waals surface area contributed by atoms with E-state index in [1.54, 1.807) is 64.4 Å². The lowest BCUT2D eigenvalue weighted by Gasteiger charge is -2.50. The van der Waals surface area contributed by atoms with Crippen LogP contribution in [0.4, 0.5) is 10.6 Å². The lowest BCUT2D eigenvalue weighted by molar-refractivity contribution is 0.0431. The van der Waals surface area contributed by atoms with Gasteiger partial charge in [0, 0.05) is 24.5 Å². The van der Waals surface area contributed by atoms with Crippen molar-refractivity contribution in [2.45, 2.75) is 45.7 Å². The molecule has 1 aromatic carbocycles. The standard InChI is InChI=1S/C27H28ClN7O3/c1-27(2,3)22-21(9-6-16-33(22)26(37)38)34(23-19(28)7-4-14-29-23)25(36)17-10-12-18(13-11-17)35-24-20(31-32-35)8-5-15-30-24/h4-5,7-8,10-15,21-22H,6,9,16H2,1-3H3,(H,37,38)/t21-,22?/m1/s1. The number of carbonyl (C=O) groups is 2. The van der Waals surface area contributed by atoms with Crippen molar-refractivity contribution in [3.63, 3.8) is 0 Å². The smallest absolute Gasteiger partial charge is 0.407 e. The van der Waals surface area contributed by atoms with E-state index >= 15 is 0 Å². The summed E-state index contributed by atoms with van der Waals surface area (Å²) < 4.78 is 1.61. The van der Waals surface area contributed by atoms with Gasteiger partial charge < -0.3 is 10.0 Å². The van der Waals surface area contributed by atoms with E-state index in [2.05, 4.69) is 20.3 Å². The summed E-state index contributed by atoms with van der Waals surface area (Å²) in [6.07, 6.45) is 3.47. The highest BCUT2D eigenvalue weighted by molar-refractivity contribution is 6.33. The Labute approximate surface area is 224 Å². The highest BCUT2D eigenvalue weighted by atomic mass is 35.5. The Morgan fingerprint density at radius 3 is 2.45 bits per heavy atom. The van der Waals surface area contributed by atoms with Gasteiger partial charge in [0.25, 0.3) is 5.91 Å². The third-order valence-electron chi connectivity index (χ3n) is 6.82. The molecule has 0 radical (unpaired) electrons. The van der Waals surface area contributed by atoms with Crippen molar-refractivity contribution >= 4 is 40.6 Å². The predicted octanol–water partition coefficient (Wildman–Crippen LogP) is 5.07. The number of carbonyl (C=O) groups excluding carboxylic acids is 1. The van der Waals surface area contributed by atoms with Crippen LogP contribution < -0.4 is 4.90 Å². The Bertz CT molecular complexity index is 1480. The molecule has 196 valence electrons. The fourth-order valence-corrected chi connectivity index (χ4v) is 5.50. The minimum Gasteiger partial charge on any atom is -0.465 e. The topological polar surface area (TPSA) is 117 Å². The molecule has 1 aliphatic heterocycles. The Morgan fingerprint density at radius 1 is 1.05 bits per heavy atom. The first-order valence-electron chi connectivity index (χ1n) is 12.4. The second kappa shape index (κ2) is 10.0. The lowest BCUT2D eigenvalue weighted by Crippen LogP contribution is -2.63. The molecular weight excluding hydrogens is 506 g/mol. The van der Waals surface area contributed by atoms with Crippen LogP contribution in [0.5, 0.6) is 0 Å². The molecular formula is C27H28ClN7O3. The molecule has 38 heavy (non-hydrogen) atoms. The molecule has 0 aliphatic carbocycles. The number of rotatable bonds is 4. The Kier molecular flexibility index (Phi) is 6.75. The van der Waals surface area contributed by atoms with Crippen molar-refractivity contribution in [3.8, 4) is 5.69 Å². The van der Waals surface area contributed by atoms with Crippen LogP contribution in [-0.2, 0) is 0 Å². The number of hydrogen-bond donors (Lipinski definition) is 1. The zero-order valence-corrected chi connectivity index (χ0v) is 22.1. The van der Waals surface area contributed by atoms with Crippen LogP contribution in [-0.4, -0.2) is 65.6 Å². The normalized spacial score (nSPS) is 17.9. The van der Waals surface area contributed by atoms with Crippen LogP contribution in [0.1, 0.15) is 44.0 Å². The number of nitrogens with zero attached hydrogens (tertiary/aromatic N) is 7. The van der Waals surface area contributed by atoms with Gasteiger partial charge in [0.2, 0.25) is 0 Å². The van der Waals surface area contributed by atoms with Gasteiger partial charge in [0.05, 0.1) is 22.8 Å². The fraction of sp³-hybridized carbons (Fsp3) is 0.333. The number of carboxylic acid groups (broad SMARTS) is 1. The number of fused-ring (bicyclic) bond motifs is 1. The Morgan fingerprint density at radius 2 is 1.76 bits per heavy atom. The van der Waals surface area contributed by atoms with Crippen LogP contribution in [0.15, 0.2) is 60.9 Å². The van der Waals surface area contributed by atoms with E-state index in [4.69, 9.17) is 11.6 Å². The van der Waals surface area contributed by atoms with Gasteiger partial charge >= 0.3 is 6.09 Å². The summed E-state index contributed by atoms with van der Waals surface area (Å²) in [4.78, 5) is 38.2. The molecule has 0 saturated carbocycles. The monoisotopic (exact) mass is 533 g/mol. The van der Waals surface area contributed by atoms with E-state index in [-0.39, 0.29) is 5.91 Å². The molecule has 5 rings (SSSR count). The van der Waals surface area contributed by atoms with Gasteiger partial charge in [-0.1, -0.05) is 37.6 Å². The number of piperidine rings is 1. The van der Waals surface area contributed by atoms with Gasteiger partial charge in [-0.05, 0) is 66.8 Å². The third-order valence-corrected chi connectivity index (χ3v) is 7.11. The largest absolute Gasteiger partial charge is 0.465 e. The average Bonchev–Trinajstić information content (AvgIpc) is 3.33. The number of anilines is 1. The Hall–Kier alpha value is -4.05. The van der Waals surface area contributed by atoms with E-state index in [1.807, 2.05) is 26.8 Å². The number of amides is 2. The van der Waals surface area contributed by atoms with Crippen molar-refractivity contribution in [2.24, 2.45) is 5.41 Å². The fourth-order valence-electron chi connectivity index (χ4n) is 5.29. The van der Waals surface area contributed by atoms with Gasteiger partial charge in [0.15, 0.2) is 11.5 Å². The number of hydrogen-bond acceptors (Lipinski definition) is 6. The van der Waals surface area contributed by atoms with Crippen molar-refractivity contribution in [1.82, 2.24) is 29.9 Å². The summed E-state index contributed by atoms with van der Waals surface area (Å²) in [6, 6.07) is 13.0. The van der Waals surface area contributed by atoms with E-state index < -0.39 is 23.6 Å². The van der Waals surface area contributed by atoms with E-state index in [0.29, 0.717) is 52.6 Å². The lowest BCUT2D eigenvalue weighted by atomic mass is 9.77. The van der Waals surface area contributed by atoms with Crippen molar-refractivity contribution in [1.29, 1.82) is 0 Å². The van der Waals surface area contributed by atoms with Crippen LogP contribution in [0.3, 0.4) is 0 Å². The maximum atomic E-state index is 14.2. The molecule has 11 heteroatoms. The maximum absolute atomic E-state index is 14.2. The van der Waals surface area contributed by atoms with Gasteiger partial charge in [-0.2, -0.15) is 4.68 Å². The molecule has 4 heterocycles. The molecule has 1 saturated heterocycles. The molecule has 2 amide bonds. The van der Waals surface area contributed by atoms with Crippen LogP contribution in [0, 0.1) is 5.41 Å². The van der Waals surface area contributed by atoms with Crippen molar-refractivity contribution in [2.75, 3.05) is 11.4 Å². The summed E-state index contributed by atoms with van der Waals surface area (Å²) in [6.45, 7) is 6.36. The number of pyridine rings is 2. The Balaban J connectivity index is 1.56. The van der Waals surface area contributed by atoms with Crippen LogP contribution >= 0.6 is 11.6 Å². The number of likely N-dealkylation sites (tertiary alicyclic amines) is 1. The third kappa shape index (κ3) is 4.67. The highest BCUT2D eigenvalue weighted by Crippen LogP contribution is 2.38. The van der Waals surface area contributed by atoms with Crippen LogP contribution in [0.25, 0.3) is 16.9 Å². The molecule has 1 aliphatic rings. The van der Waals surface area contributed by atoms with Gasteiger partial charge in [0.1, 0.15) is 5.52 Å². The zero-order chi connectivity index (χ0) is 27.0. The maximum Gasteiger partial charge on any atom is 0.407 e. The minimum absolute atomic E-state index is 0.307. The first-order valence-corrected chi connectivity index (χ1v) is 12.7. The number of benzene rings is 1. The van der Waals surface area contributed by atoms with Crippen molar-refractivity contribution in [3.05, 3.63) is 71.5 Å². The zero-order valence-electron chi connectivity index (χ0n) is 21.3. The molecule has 4 aromatic rings. The van der Waals surface area contributed by atoms with Gasteiger partial charge in [-0.15, -0.1) is 5.10 Å². The second-order valence-electron chi connectivity index (χ2n) is 10.4. The quantitative estimate of drug-likeness (QED) is 0.389. The molecule has 0 bridgehead atoms. The molecule has 1 N–H and O–H groups in total. The van der Waals surface area contributed by atoms with Crippen molar-refractivity contribution < 1.29 is 14.7 Å². The molecule has 2 atom stereocenters. The second-order valence-corrected chi connectivity index (χ2v) is 10.8. The SMILES string of the molecule is CC(C)(C)C1[C@H](N(C(=O)c2ccc(-n3nnc4cccnc43)cc2)c2ncccc2Cl)CCCN1C(=O)O. The number of halogens is 1. The summed E-state index contributed by atoms with van der Waals surface area (Å²) in [5.41, 5.74) is 1.93. The van der Waals surface area contributed by atoms with E-state index in [1.165, 1.54) is 4.90 Å². The summed E-state index contributed by atoms with van der Waals surface area (Å²) in [7, 11) is 0. The number of aromatic nitrogens is 5. The van der Waals surface area contributed by atoms with E-state index in [9.17, 15) is 14.7 Å². The first kappa shape index (κ1) is 25.6. The summed E-state index contributed by atoms with van der Waals surface area (Å²) >= 11 is 6.57. The predicted molar refractivity (Wildman–Crippen MR) is 144 cm³/mol. The molecule has 1 unspecified atom stereocenters. The average molecular weight is 534 g/mol. The summed E-state index contributed by atoms with van der Waals surface area (Å²) in [5, 5.41) is 18.7. The highest BCUT2D eigenvalue weighted by Gasteiger charge is 2.46. The van der Waals surface area contributed by atoms with E-state index in [0.717, 1.165) is 0 Å². The van der Waals surface area contributed by atoms with Gasteiger partial charge in [-0.25, -0.2) is 14.8 Å². The molecule has 10 nitrogen and oxygen atoms in total. The van der Waals surface area contributed by atoms with Gasteiger partial charge in [-0.3, -0.25) is 9.69 Å².